The number of sulfonamides is 1. The molecule has 1 N–H and O–H groups in total. The van der Waals surface area contributed by atoms with Gasteiger partial charge < -0.3 is 0 Å². The molecule has 0 radical (unpaired) electrons. The van der Waals surface area contributed by atoms with E-state index in [1.54, 1.807) is 7.05 Å². The molecule has 2 aromatic rings. The highest BCUT2D eigenvalue weighted by atomic mass is 32.2. The smallest absolute Gasteiger partial charge is 0.275 e. The monoisotopic (exact) mass is 284 g/mol. The molecular formula is C11H13FN4O2S. The van der Waals surface area contributed by atoms with Crippen LogP contribution in [0.4, 0.5) is 10.1 Å². The standard InChI is InChI=1S/C11H13FN4O2S/c1-3-9-10(7-16(2)14-9)15-19(17,18)11-8(12)5-4-6-13-11/h4-7,15H,3H2,1-2H3. The van der Waals surface area contributed by atoms with E-state index < -0.39 is 20.9 Å². The lowest BCUT2D eigenvalue weighted by molar-refractivity contribution is 0.557. The molecule has 6 nitrogen and oxygen atoms in total. The number of hydrogen-bond donors (Lipinski definition) is 1. The Morgan fingerprint density at radius 1 is 1.47 bits per heavy atom. The third-order valence-electron chi connectivity index (χ3n) is 2.46. The van der Waals surface area contributed by atoms with E-state index >= 15 is 0 Å². The summed E-state index contributed by atoms with van der Waals surface area (Å²) in [6.07, 6.45) is 3.31. The molecule has 0 saturated heterocycles. The Labute approximate surface area is 110 Å². The summed E-state index contributed by atoms with van der Waals surface area (Å²) >= 11 is 0. The van der Waals surface area contributed by atoms with Crippen LogP contribution in [0.2, 0.25) is 0 Å². The van der Waals surface area contributed by atoms with Crippen LogP contribution in [-0.4, -0.2) is 23.2 Å². The molecule has 0 amide bonds. The number of nitrogens with zero attached hydrogens (tertiary/aromatic N) is 3. The lowest BCUT2D eigenvalue weighted by atomic mass is 10.3. The lowest BCUT2D eigenvalue weighted by Gasteiger charge is -2.06. The molecule has 2 aromatic heterocycles. The average molecular weight is 284 g/mol. The van der Waals surface area contributed by atoms with Gasteiger partial charge in [-0.15, -0.1) is 0 Å². The van der Waals surface area contributed by atoms with Gasteiger partial charge >= 0.3 is 0 Å². The summed E-state index contributed by atoms with van der Waals surface area (Å²) in [5, 5.41) is 3.48. The van der Waals surface area contributed by atoms with Gasteiger partial charge in [0.15, 0.2) is 5.82 Å². The third-order valence-corrected chi connectivity index (χ3v) is 3.76. The summed E-state index contributed by atoms with van der Waals surface area (Å²) in [5.41, 5.74) is 0.914. The predicted molar refractivity (Wildman–Crippen MR) is 67.6 cm³/mol. The summed E-state index contributed by atoms with van der Waals surface area (Å²) in [7, 11) is -2.37. The quantitative estimate of drug-likeness (QED) is 0.918. The summed E-state index contributed by atoms with van der Waals surface area (Å²) < 4.78 is 41.4. The molecule has 0 bridgehead atoms. The minimum atomic E-state index is -4.05. The number of pyridine rings is 1. The van der Waals surface area contributed by atoms with Gasteiger partial charge in [0, 0.05) is 19.4 Å². The van der Waals surface area contributed by atoms with E-state index in [9.17, 15) is 12.8 Å². The van der Waals surface area contributed by atoms with Crippen LogP contribution in [0.3, 0.4) is 0 Å². The SMILES string of the molecule is CCc1nn(C)cc1NS(=O)(=O)c1ncccc1F. The van der Waals surface area contributed by atoms with Crippen LogP contribution >= 0.6 is 0 Å². The molecule has 0 saturated carbocycles. The van der Waals surface area contributed by atoms with Crippen molar-refractivity contribution in [1.29, 1.82) is 0 Å². The fourth-order valence-corrected chi connectivity index (χ4v) is 2.72. The Morgan fingerprint density at radius 3 is 2.84 bits per heavy atom. The molecule has 2 heterocycles. The van der Waals surface area contributed by atoms with Crippen molar-refractivity contribution in [3.8, 4) is 0 Å². The van der Waals surface area contributed by atoms with Gasteiger partial charge in [-0.25, -0.2) is 9.37 Å². The van der Waals surface area contributed by atoms with Crippen LogP contribution in [0.15, 0.2) is 29.6 Å². The van der Waals surface area contributed by atoms with Crippen molar-refractivity contribution in [2.75, 3.05) is 4.72 Å². The molecule has 0 aliphatic rings. The van der Waals surface area contributed by atoms with Crippen molar-refractivity contribution >= 4 is 15.7 Å². The number of nitrogens with one attached hydrogen (secondary N) is 1. The largest absolute Gasteiger partial charge is 0.282 e. The molecule has 8 heteroatoms. The first-order valence-corrected chi connectivity index (χ1v) is 7.08. The second-order valence-electron chi connectivity index (χ2n) is 3.91. The van der Waals surface area contributed by atoms with Gasteiger partial charge in [0.05, 0.1) is 11.4 Å². The van der Waals surface area contributed by atoms with Crippen molar-refractivity contribution in [3.63, 3.8) is 0 Å². The van der Waals surface area contributed by atoms with Crippen molar-refractivity contribution in [1.82, 2.24) is 14.8 Å². The van der Waals surface area contributed by atoms with Gasteiger partial charge in [-0.1, -0.05) is 6.92 Å². The van der Waals surface area contributed by atoms with Crippen molar-refractivity contribution in [2.45, 2.75) is 18.4 Å². The van der Waals surface area contributed by atoms with Crippen LogP contribution in [-0.2, 0) is 23.5 Å². The van der Waals surface area contributed by atoms with E-state index in [1.165, 1.54) is 23.1 Å². The van der Waals surface area contributed by atoms with Crippen LogP contribution in [0.25, 0.3) is 0 Å². The topological polar surface area (TPSA) is 76.9 Å². The predicted octanol–water partition coefficient (Wildman–Crippen LogP) is 1.32. The first-order valence-electron chi connectivity index (χ1n) is 5.60. The maximum Gasteiger partial charge on any atom is 0.282 e. The molecule has 0 fully saturated rings. The molecule has 0 aliphatic carbocycles. The minimum Gasteiger partial charge on any atom is -0.275 e. The molecule has 0 atom stereocenters. The van der Waals surface area contributed by atoms with Gasteiger partial charge in [-0.3, -0.25) is 9.40 Å². The molecule has 0 aromatic carbocycles. The molecular weight excluding hydrogens is 271 g/mol. The minimum absolute atomic E-state index is 0.329. The zero-order valence-electron chi connectivity index (χ0n) is 10.5. The van der Waals surface area contributed by atoms with E-state index in [0.717, 1.165) is 6.07 Å². The molecule has 0 aliphatic heterocycles. The number of aryl methyl sites for hydroxylation is 2. The Bertz CT molecular complexity index is 696. The van der Waals surface area contributed by atoms with Gasteiger partial charge in [-0.2, -0.15) is 13.5 Å². The van der Waals surface area contributed by atoms with E-state index in [-0.39, 0.29) is 0 Å². The Hall–Kier alpha value is -1.96. The lowest BCUT2D eigenvalue weighted by Crippen LogP contribution is -2.16. The van der Waals surface area contributed by atoms with Crippen molar-refractivity contribution < 1.29 is 12.8 Å². The fourth-order valence-electron chi connectivity index (χ4n) is 1.64. The summed E-state index contributed by atoms with van der Waals surface area (Å²) in [4.78, 5) is 3.56. The third kappa shape index (κ3) is 2.73. The van der Waals surface area contributed by atoms with Crippen LogP contribution in [0.5, 0.6) is 0 Å². The Morgan fingerprint density at radius 2 is 2.21 bits per heavy atom. The molecule has 19 heavy (non-hydrogen) atoms. The number of halogens is 1. The molecule has 2 rings (SSSR count). The average Bonchev–Trinajstić information content (AvgIpc) is 2.69. The molecule has 0 spiro atoms. The van der Waals surface area contributed by atoms with E-state index in [1.807, 2.05) is 6.92 Å². The van der Waals surface area contributed by atoms with Crippen LogP contribution < -0.4 is 4.72 Å². The van der Waals surface area contributed by atoms with Crippen LogP contribution in [0.1, 0.15) is 12.6 Å². The van der Waals surface area contributed by atoms with Crippen molar-refractivity contribution in [3.05, 3.63) is 36.0 Å². The zero-order chi connectivity index (χ0) is 14.0. The first kappa shape index (κ1) is 13.5. The highest BCUT2D eigenvalue weighted by Gasteiger charge is 2.22. The molecule has 102 valence electrons. The van der Waals surface area contributed by atoms with Crippen LogP contribution in [0, 0.1) is 5.82 Å². The fraction of sp³-hybridized carbons (Fsp3) is 0.273. The number of anilines is 1. The van der Waals surface area contributed by atoms with Gasteiger partial charge in [-0.05, 0) is 18.6 Å². The zero-order valence-corrected chi connectivity index (χ0v) is 11.3. The highest BCUT2D eigenvalue weighted by Crippen LogP contribution is 2.19. The maximum atomic E-state index is 13.5. The summed E-state index contributed by atoms with van der Waals surface area (Å²) in [6, 6.07) is 2.38. The van der Waals surface area contributed by atoms with Gasteiger partial charge in [0.2, 0.25) is 5.03 Å². The normalized spacial score (nSPS) is 11.5. The summed E-state index contributed by atoms with van der Waals surface area (Å²) in [6.45, 7) is 1.85. The van der Waals surface area contributed by atoms with Gasteiger partial charge in [0.1, 0.15) is 0 Å². The number of aromatic nitrogens is 3. The summed E-state index contributed by atoms with van der Waals surface area (Å²) in [5.74, 6) is -0.892. The Kier molecular flexibility index (Phi) is 3.52. The van der Waals surface area contributed by atoms with Crippen molar-refractivity contribution in [2.24, 2.45) is 7.05 Å². The van der Waals surface area contributed by atoms with Gasteiger partial charge in [0.25, 0.3) is 10.0 Å². The second kappa shape index (κ2) is 4.96. The van der Waals surface area contributed by atoms with E-state index in [0.29, 0.717) is 17.8 Å². The highest BCUT2D eigenvalue weighted by molar-refractivity contribution is 7.92. The molecule has 0 unspecified atom stereocenters. The second-order valence-corrected chi connectivity index (χ2v) is 5.51. The first-order chi connectivity index (χ1) is 8.94. The van der Waals surface area contributed by atoms with E-state index in [4.69, 9.17) is 0 Å². The maximum absolute atomic E-state index is 13.5. The van der Waals surface area contributed by atoms with E-state index in [2.05, 4.69) is 14.8 Å². The number of hydrogen-bond acceptors (Lipinski definition) is 4. The number of rotatable bonds is 4. The Balaban J connectivity index is 2.39.